The molecule has 1 rings (SSSR count). The van der Waals surface area contributed by atoms with Gasteiger partial charge in [0.2, 0.25) is 0 Å². The summed E-state index contributed by atoms with van der Waals surface area (Å²) in [6, 6.07) is 0. The van der Waals surface area contributed by atoms with Crippen molar-refractivity contribution in [3.63, 3.8) is 0 Å². The normalized spacial score (nSPS) is 27.5. The zero-order valence-corrected chi connectivity index (χ0v) is 7.52. The van der Waals surface area contributed by atoms with Gasteiger partial charge >= 0.3 is 0 Å². The van der Waals surface area contributed by atoms with Gasteiger partial charge in [0.15, 0.2) is 5.72 Å². The van der Waals surface area contributed by atoms with Crippen molar-refractivity contribution in [1.82, 2.24) is 16.1 Å². The third-order valence-electron chi connectivity index (χ3n) is 1.71. The zero-order chi connectivity index (χ0) is 8.86. The van der Waals surface area contributed by atoms with Gasteiger partial charge in [-0.25, -0.2) is 0 Å². The summed E-state index contributed by atoms with van der Waals surface area (Å²) in [5, 5.41) is 6.45. The molecule has 12 heavy (non-hydrogen) atoms. The summed E-state index contributed by atoms with van der Waals surface area (Å²) >= 11 is 0. The van der Waals surface area contributed by atoms with Gasteiger partial charge in [0.1, 0.15) is 0 Å². The van der Waals surface area contributed by atoms with E-state index in [1.54, 1.807) is 0 Å². The maximum atomic E-state index is 5.31. The summed E-state index contributed by atoms with van der Waals surface area (Å²) in [4.78, 5) is 4.97. The Bertz CT molecular complexity index is 127. The van der Waals surface area contributed by atoms with Crippen LogP contribution in [-0.2, 0) is 4.84 Å². The first-order chi connectivity index (χ1) is 5.77. The van der Waals surface area contributed by atoms with E-state index in [0.717, 1.165) is 26.2 Å². The fourth-order valence-electron chi connectivity index (χ4n) is 0.890. The summed E-state index contributed by atoms with van der Waals surface area (Å²) in [5.74, 6) is 0. The molecule has 5 heteroatoms. The smallest absolute Gasteiger partial charge is 0.171 e. The summed E-state index contributed by atoms with van der Waals surface area (Å²) in [5.41, 5.74) is 8.00. The van der Waals surface area contributed by atoms with Gasteiger partial charge in [-0.3, -0.25) is 4.84 Å². The zero-order valence-electron chi connectivity index (χ0n) is 7.52. The average Bonchev–Trinajstić information content (AvgIpc) is 2.77. The third kappa shape index (κ3) is 3.99. The molecule has 5 N–H and O–H groups in total. The van der Waals surface area contributed by atoms with Gasteiger partial charge in [0, 0.05) is 32.7 Å². The van der Waals surface area contributed by atoms with Crippen molar-refractivity contribution < 1.29 is 4.84 Å². The molecule has 0 aliphatic carbocycles. The molecule has 0 bridgehead atoms. The van der Waals surface area contributed by atoms with Crippen LogP contribution in [0.5, 0.6) is 0 Å². The van der Waals surface area contributed by atoms with Crippen LogP contribution in [0.25, 0.3) is 0 Å². The first kappa shape index (κ1) is 9.88. The highest BCUT2D eigenvalue weighted by atomic mass is 16.8. The molecule has 1 fully saturated rings. The molecule has 1 aliphatic rings. The van der Waals surface area contributed by atoms with Crippen molar-refractivity contribution in [3.8, 4) is 0 Å². The van der Waals surface area contributed by atoms with E-state index in [0.29, 0.717) is 6.54 Å². The molecule has 1 saturated heterocycles. The largest absolute Gasteiger partial charge is 0.329 e. The fraction of sp³-hybridized carbons (Fsp3) is 1.00. The second-order valence-corrected chi connectivity index (χ2v) is 3.15. The number of hydroxylamine groups is 1. The van der Waals surface area contributed by atoms with Crippen molar-refractivity contribution in [2.45, 2.75) is 12.6 Å². The lowest BCUT2D eigenvalue weighted by atomic mass is 10.3. The van der Waals surface area contributed by atoms with E-state index in [-0.39, 0.29) is 5.72 Å². The minimum absolute atomic E-state index is 0.117. The molecule has 5 nitrogen and oxygen atoms in total. The molecule has 72 valence electrons. The minimum Gasteiger partial charge on any atom is -0.329 e. The molecular weight excluding hydrogens is 156 g/mol. The first-order valence-corrected chi connectivity index (χ1v) is 4.33. The lowest BCUT2D eigenvalue weighted by Gasteiger charge is -2.06. The molecule has 0 aromatic carbocycles. The molecular formula is C7H18N4O. The summed E-state index contributed by atoms with van der Waals surface area (Å²) in [6.07, 6.45) is 0. The number of nitrogens with one attached hydrogen (secondary N) is 3. The molecule has 1 unspecified atom stereocenters. The van der Waals surface area contributed by atoms with Crippen LogP contribution in [0, 0.1) is 0 Å². The van der Waals surface area contributed by atoms with E-state index in [2.05, 4.69) is 16.1 Å². The number of hydrogen-bond donors (Lipinski definition) is 4. The maximum Gasteiger partial charge on any atom is 0.171 e. The molecule has 0 spiro atoms. The van der Waals surface area contributed by atoms with Gasteiger partial charge < -0.3 is 16.4 Å². The van der Waals surface area contributed by atoms with Crippen molar-refractivity contribution in [3.05, 3.63) is 0 Å². The SMILES string of the molecule is CC1(CNCCNCCN)NO1. The molecule has 0 saturated carbocycles. The van der Waals surface area contributed by atoms with E-state index in [4.69, 9.17) is 10.6 Å². The Morgan fingerprint density at radius 1 is 1.33 bits per heavy atom. The minimum atomic E-state index is -0.117. The van der Waals surface area contributed by atoms with Gasteiger partial charge in [-0.1, -0.05) is 0 Å². The summed E-state index contributed by atoms with van der Waals surface area (Å²) < 4.78 is 0. The highest BCUT2D eigenvalue weighted by molar-refractivity contribution is 4.79. The van der Waals surface area contributed by atoms with E-state index in [9.17, 15) is 0 Å². The Balaban J connectivity index is 1.77. The Morgan fingerprint density at radius 2 is 2.00 bits per heavy atom. The Labute approximate surface area is 73.0 Å². The van der Waals surface area contributed by atoms with Crippen molar-refractivity contribution >= 4 is 0 Å². The molecule has 1 atom stereocenters. The van der Waals surface area contributed by atoms with Crippen molar-refractivity contribution in [1.29, 1.82) is 0 Å². The van der Waals surface area contributed by atoms with Gasteiger partial charge in [-0.15, -0.1) is 0 Å². The summed E-state index contributed by atoms with van der Waals surface area (Å²) in [7, 11) is 0. The quantitative estimate of drug-likeness (QED) is 0.275. The van der Waals surface area contributed by atoms with Gasteiger partial charge in [-0.05, 0) is 6.92 Å². The second kappa shape index (κ2) is 4.74. The van der Waals surface area contributed by atoms with Crippen LogP contribution in [0.15, 0.2) is 0 Å². The summed E-state index contributed by atoms with van der Waals surface area (Å²) in [6.45, 7) is 6.33. The van der Waals surface area contributed by atoms with Crippen LogP contribution < -0.4 is 21.8 Å². The molecule has 1 aliphatic heterocycles. The predicted molar refractivity (Wildman–Crippen MR) is 47.4 cm³/mol. The number of nitrogens with two attached hydrogens (primary N) is 1. The Hall–Kier alpha value is -0.200. The van der Waals surface area contributed by atoms with Crippen LogP contribution in [0.3, 0.4) is 0 Å². The topological polar surface area (TPSA) is 84.5 Å². The average molecular weight is 174 g/mol. The van der Waals surface area contributed by atoms with Crippen molar-refractivity contribution in [2.24, 2.45) is 5.73 Å². The van der Waals surface area contributed by atoms with Crippen molar-refractivity contribution in [2.75, 3.05) is 32.7 Å². The molecule has 0 amide bonds. The van der Waals surface area contributed by atoms with E-state index < -0.39 is 0 Å². The van der Waals surface area contributed by atoms with Gasteiger partial charge in [0.05, 0.1) is 0 Å². The monoisotopic (exact) mass is 174 g/mol. The standard InChI is InChI=1S/C7H18N4O/c1-7(11-12-7)6-10-5-4-9-3-2-8/h9-11H,2-6,8H2,1H3. The van der Waals surface area contributed by atoms with Crippen LogP contribution in [0.4, 0.5) is 0 Å². The fourth-order valence-corrected chi connectivity index (χ4v) is 0.890. The highest BCUT2D eigenvalue weighted by Gasteiger charge is 2.38. The predicted octanol–water partition coefficient (Wildman–Crippen LogP) is -1.62. The molecule has 0 aromatic rings. The Morgan fingerprint density at radius 3 is 2.58 bits per heavy atom. The first-order valence-electron chi connectivity index (χ1n) is 4.33. The third-order valence-corrected chi connectivity index (χ3v) is 1.71. The van der Waals surface area contributed by atoms with Gasteiger partial charge in [-0.2, -0.15) is 5.48 Å². The molecule has 0 aromatic heterocycles. The maximum absolute atomic E-state index is 5.31. The van der Waals surface area contributed by atoms with Crippen LogP contribution in [0.2, 0.25) is 0 Å². The van der Waals surface area contributed by atoms with E-state index in [1.807, 2.05) is 6.92 Å². The Kier molecular flexibility index (Phi) is 3.90. The lowest BCUT2D eigenvalue weighted by molar-refractivity contribution is 0.299. The lowest BCUT2D eigenvalue weighted by Crippen LogP contribution is -2.35. The van der Waals surface area contributed by atoms with Crippen LogP contribution >= 0.6 is 0 Å². The number of rotatable bonds is 7. The van der Waals surface area contributed by atoms with E-state index in [1.165, 1.54) is 0 Å². The van der Waals surface area contributed by atoms with E-state index >= 15 is 0 Å². The molecule has 1 heterocycles. The van der Waals surface area contributed by atoms with Crippen LogP contribution in [0.1, 0.15) is 6.92 Å². The highest BCUT2D eigenvalue weighted by Crippen LogP contribution is 2.15. The second-order valence-electron chi connectivity index (χ2n) is 3.15. The van der Waals surface area contributed by atoms with Gasteiger partial charge in [0.25, 0.3) is 0 Å². The number of hydrogen-bond acceptors (Lipinski definition) is 5. The van der Waals surface area contributed by atoms with Crippen LogP contribution in [-0.4, -0.2) is 38.4 Å². The molecule has 0 radical (unpaired) electrons.